The second-order valence-corrected chi connectivity index (χ2v) is 5.75. The summed E-state index contributed by atoms with van der Waals surface area (Å²) in [6, 6.07) is 7.64. The molecule has 1 N–H and O–H groups in total. The molecule has 1 atom stereocenters. The largest absolute Gasteiger partial charge is 0.493 e. The average Bonchev–Trinajstić information content (AvgIpc) is 2.54. The molecule has 3 heterocycles. The fourth-order valence-electron chi connectivity index (χ4n) is 3.26. The highest BCUT2D eigenvalue weighted by Crippen LogP contribution is 2.28. The number of fused-ring (bicyclic) bond motifs is 3. The number of methoxy groups -OCH3 is 1. The first kappa shape index (κ1) is 14.2. The number of nitrogens with one attached hydrogen (secondary N) is 1. The predicted molar refractivity (Wildman–Crippen MR) is 79.6 cm³/mol. The second kappa shape index (κ2) is 6.35. The summed E-state index contributed by atoms with van der Waals surface area (Å²) in [6.45, 7) is 3.36. The topological polar surface area (TPSA) is 50.8 Å². The summed E-state index contributed by atoms with van der Waals surface area (Å²) in [4.78, 5) is 14.5. The standard InChI is InChI=1S/C16H22N2O3/c1-20-14-4-2-3-5-15(14)21-11-16(19)17-13-10-18-8-6-12(13)7-9-18/h2-5,12-13H,6-11H2,1H3,(H,17,19). The summed E-state index contributed by atoms with van der Waals surface area (Å²) in [7, 11) is 1.59. The Morgan fingerprint density at radius 1 is 1.29 bits per heavy atom. The van der Waals surface area contributed by atoms with E-state index < -0.39 is 0 Å². The maximum absolute atomic E-state index is 12.1. The van der Waals surface area contributed by atoms with E-state index in [0.717, 1.165) is 6.54 Å². The van der Waals surface area contributed by atoms with Gasteiger partial charge in [0.25, 0.3) is 5.91 Å². The van der Waals surface area contributed by atoms with Gasteiger partial charge in [-0.3, -0.25) is 4.79 Å². The maximum Gasteiger partial charge on any atom is 0.258 e. The number of carbonyl (C=O) groups excluding carboxylic acids is 1. The molecule has 0 spiro atoms. The van der Waals surface area contributed by atoms with Crippen LogP contribution in [-0.2, 0) is 4.79 Å². The van der Waals surface area contributed by atoms with Gasteiger partial charge in [-0.25, -0.2) is 0 Å². The number of hydrogen-bond donors (Lipinski definition) is 1. The Morgan fingerprint density at radius 2 is 2.00 bits per heavy atom. The quantitative estimate of drug-likeness (QED) is 0.887. The minimum absolute atomic E-state index is 0.0313. The maximum atomic E-state index is 12.1. The fraction of sp³-hybridized carbons (Fsp3) is 0.562. The normalized spacial score (nSPS) is 27.2. The molecule has 0 radical (unpaired) electrons. The SMILES string of the molecule is COc1ccccc1OCC(=O)NC1CN2CCC1CC2. The Hall–Kier alpha value is -1.75. The van der Waals surface area contributed by atoms with Crippen molar-refractivity contribution < 1.29 is 14.3 Å². The molecule has 2 bridgehead atoms. The molecule has 0 aromatic heterocycles. The summed E-state index contributed by atoms with van der Waals surface area (Å²) in [5.74, 6) is 1.82. The molecule has 3 aliphatic rings. The van der Waals surface area contributed by atoms with Crippen molar-refractivity contribution in [3.8, 4) is 11.5 Å². The van der Waals surface area contributed by atoms with Gasteiger partial charge in [0.2, 0.25) is 0 Å². The number of piperidine rings is 3. The molecule has 3 saturated heterocycles. The van der Waals surface area contributed by atoms with Gasteiger partial charge in [0, 0.05) is 12.6 Å². The lowest BCUT2D eigenvalue weighted by Gasteiger charge is -2.44. The van der Waals surface area contributed by atoms with Crippen molar-refractivity contribution in [2.24, 2.45) is 5.92 Å². The van der Waals surface area contributed by atoms with Crippen LogP contribution in [0.5, 0.6) is 11.5 Å². The van der Waals surface area contributed by atoms with Crippen LogP contribution < -0.4 is 14.8 Å². The van der Waals surface area contributed by atoms with Crippen LogP contribution in [-0.4, -0.2) is 50.2 Å². The van der Waals surface area contributed by atoms with Crippen molar-refractivity contribution in [3.63, 3.8) is 0 Å². The van der Waals surface area contributed by atoms with E-state index in [0.29, 0.717) is 17.4 Å². The molecule has 1 unspecified atom stereocenters. The molecule has 21 heavy (non-hydrogen) atoms. The molecule has 1 aromatic carbocycles. The zero-order valence-electron chi connectivity index (χ0n) is 12.4. The zero-order valence-corrected chi connectivity index (χ0v) is 12.4. The third-order valence-corrected chi connectivity index (χ3v) is 4.43. The third-order valence-electron chi connectivity index (χ3n) is 4.43. The molecule has 5 heteroatoms. The van der Waals surface area contributed by atoms with E-state index in [1.54, 1.807) is 13.2 Å². The van der Waals surface area contributed by atoms with Gasteiger partial charge in [0.15, 0.2) is 18.1 Å². The van der Waals surface area contributed by atoms with Gasteiger partial charge in [0.1, 0.15) is 0 Å². The van der Waals surface area contributed by atoms with Gasteiger partial charge in [-0.1, -0.05) is 12.1 Å². The highest BCUT2D eigenvalue weighted by molar-refractivity contribution is 5.78. The number of amides is 1. The van der Waals surface area contributed by atoms with Gasteiger partial charge in [-0.2, -0.15) is 0 Å². The summed E-state index contributed by atoms with van der Waals surface area (Å²) in [6.07, 6.45) is 2.39. The van der Waals surface area contributed by atoms with Gasteiger partial charge < -0.3 is 19.7 Å². The molecule has 1 amide bonds. The van der Waals surface area contributed by atoms with Crippen LogP contribution in [0.15, 0.2) is 24.3 Å². The third kappa shape index (κ3) is 3.29. The van der Waals surface area contributed by atoms with Crippen molar-refractivity contribution in [1.29, 1.82) is 0 Å². The van der Waals surface area contributed by atoms with E-state index in [-0.39, 0.29) is 18.6 Å². The van der Waals surface area contributed by atoms with E-state index in [9.17, 15) is 4.79 Å². The van der Waals surface area contributed by atoms with Gasteiger partial charge in [0.05, 0.1) is 7.11 Å². The molecule has 1 aromatic rings. The average molecular weight is 290 g/mol. The Morgan fingerprint density at radius 3 is 2.62 bits per heavy atom. The van der Waals surface area contributed by atoms with Crippen molar-refractivity contribution in [2.75, 3.05) is 33.4 Å². The number of benzene rings is 1. The Bertz CT molecular complexity index is 498. The minimum atomic E-state index is -0.0559. The molecule has 4 rings (SSSR count). The number of hydrogen-bond acceptors (Lipinski definition) is 4. The fourth-order valence-corrected chi connectivity index (χ4v) is 3.26. The van der Waals surface area contributed by atoms with Crippen LogP contribution in [0.25, 0.3) is 0 Å². The summed E-state index contributed by atoms with van der Waals surface area (Å²) in [5.41, 5.74) is 0. The van der Waals surface area contributed by atoms with Crippen molar-refractivity contribution >= 4 is 5.91 Å². The van der Waals surface area contributed by atoms with Crippen LogP contribution >= 0.6 is 0 Å². The first-order chi connectivity index (χ1) is 10.3. The van der Waals surface area contributed by atoms with Crippen LogP contribution in [0.4, 0.5) is 0 Å². The van der Waals surface area contributed by atoms with Gasteiger partial charge >= 0.3 is 0 Å². The Balaban J connectivity index is 1.50. The van der Waals surface area contributed by atoms with Crippen LogP contribution in [0, 0.1) is 5.92 Å². The summed E-state index contributed by atoms with van der Waals surface area (Å²) in [5, 5.41) is 3.11. The molecular weight excluding hydrogens is 268 g/mol. The summed E-state index contributed by atoms with van der Waals surface area (Å²) < 4.78 is 10.8. The molecule has 3 fully saturated rings. The minimum Gasteiger partial charge on any atom is -0.493 e. The second-order valence-electron chi connectivity index (χ2n) is 5.75. The molecular formula is C16H22N2O3. The molecule has 0 saturated carbocycles. The van der Waals surface area contributed by atoms with E-state index in [2.05, 4.69) is 10.2 Å². The molecule has 3 aliphatic heterocycles. The smallest absolute Gasteiger partial charge is 0.258 e. The van der Waals surface area contributed by atoms with E-state index in [1.165, 1.54) is 25.9 Å². The number of ether oxygens (including phenoxy) is 2. The zero-order chi connectivity index (χ0) is 14.7. The number of rotatable bonds is 5. The lowest BCUT2D eigenvalue weighted by Crippen LogP contribution is -2.57. The summed E-state index contributed by atoms with van der Waals surface area (Å²) >= 11 is 0. The lowest BCUT2D eigenvalue weighted by molar-refractivity contribution is -0.125. The van der Waals surface area contributed by atoms with Crippen molar-refractivity contribution in [2.45, 2.75) is 18.9 Å². The van der Waals surface area contributed by atoms with E-state index in [4.69, 9.17) is 9.47 Å². The number of nitrogens with zero attached hydrogens (tertiary/aromatic N) is 1. The van der Waals surface area contributed by atoms with Crippen LogP contribution in [0.1, 0.15) is 12.8 Å². The first-order valence-corrected chi connectivity index (χ1v) is 7.54. The lowest BCUT2D eigenvalue weighted by atomic mass is 9.84. The van der Waals surface area contributed by atoms with Crippen LogP contribution in [0.3, 0.4) is 0 Å². The first-order valence-electron chi connectivity index (χ1n) is 7.54. The Kier molecular flexibility index (Phi) is 4.29. The molecule has 114 valence electrons. The van der Waals surface area contributed by atoms with E-state index in [1.807, 2.05) is 18.2 Å². The monoisotopic (exact) mass is 290 g/mol. The highest BCUT2D eigenvalue weighted by atomic mass is 16.5. The number of para-hydroxylation sites is 2. The molecule has 0 aliphatic carbocycles. The van der Waals surface area contributed by atoms with Gasteiger partial charge in [-0.05, 0) is 44.0 Å². The number of carbonyl (C=O) groups is 1. The van der Waals surface area contributed by atoms with Crippen LogP contribution in [0.2, 0.25) is 0 Å². The Labute approximate surface area is 125 Å². The van der Waals surface area contributed by atoms with Crippen molar-refractivity contribution in [1.82, 2.24) is 10.2 Å². The highest BCUT2D eigenvalue weighted by Gasteiger charge is 2.34. The molecule has 5 nitrogen and oxygen atoms in total. The van der Waals surface area contributed by atoms with Crippen molar-refractivity contribution in [3.05, 3.63) is 24.3 Å². The predicted octanol–water partition coefficient (Wildman–Crippen LogP) is 1.28. The van der Waals surface area contributed by atoms with Gasteiger partial charge in [-0.15, -0.1) is 0 Å². The van der Waals surface area contributed by atoms with E-state index >= 15 is 0 Å².